The molecular weight excluding hydrogens is 490 g/mol. The average molecular weight is 517 g/mol. The van der Waals surface area contributed by atoms with Crippen LogP contribution in [-0.4, -0.2) is 71.9 Å². The number of hydrogen-bond acceptors (Lipinski definition) is 7. The molecule has 2 N–H and O–H groups in total. The number of amides is 1. The third kappa shape index (κ3) is 6.58. The van der Waals surface area contributed by atoms with Crippen LogP contribution in [0.1, 0.15) is 22.5 Å². The van der Waals surface area contributed by atoms with Gasteiger partial charge in [-0.1, -0.05) is 12.1 Å². The third-order valence-electron chi connectivity index (χ3n) is 5.75. The van der Waals surface area contributed by atoms with Crippen molar-refractivity contribution < 1.29 is 22.0 Å². The number of anilines is 1. The zero-order valence-electron chi connectivity index (χ0n) is 19.6. The van der Waals surface area contributed by atoms with Crippen LogP contribution in [0.2, 0.25) is 0 Å². The summed E-state index contributed by atoms with van der Waals surface area (Å²) in [5.41, 5.74) is 1.77. The number of halogens is 2. The number of alkyl halides is 1. The molecule has 1 aromatic carbocycles. The predicted octanol–water partition coefficient (Wildman–Crippen LogP) is 2.43. The molecule has 36 heavy (non-hydrogen) atoms. The van der Waals surface area contributed by atoms with Gasteiger partial charge in [0.1, 0.15) is 17.8 Å². The first kappa shape index (κ1) is 25.6. The van der Waals surface area contributed by atoms with Gasteiger partial charge in [-0.25, -0.2) is 17.2 Å². The van der Waals surface area contributed by atoms with Gasteiger partial charge < -0.3 is 10.6 Å². The molecule has 0 unspecified atom stereocenters. The van der Waals surface area contributed by atoms with Gasteiger partial charge in [-0.2, -0.15) is 4.31 Å². The van der Waals surface area contributed by atoms with E-state index in [1.54, 1.807) is 36.4 Å². The quantitative estimate of drug-likeness (QED) is 0.425. The van der Waals surface area contributed by atoms with E-state index in [4.69, 9.17) is 0 Å². The highest BCUT2D eigenvalue weighted by atomic mass is 32.2. The van der Waals surface area contributed by atoms with Gasteiger partial charge in [0.2, 0.25) is 10.0 Å². The summed E-state index contributed by atoms with van der Waals surface area (Å²) in [6.45, 7) is 0.804. The summed E-state index contributed by atoms with van der Waals surface area (Å²) in [4.78, 5) is 16.4. The maximum absolute atomic E-state index is 14.2. The first-order valence-corrected chi connectivity index (χ1v) is 13.2. The van der Waals surface area contributed by atoms with Crippen molar-refractivity contribution in [1.82, 2.24) is 24.8 Å². The fourth-order valence-corrected chi connectivity index (χ4v) is 4.61. The number of rotatable bonds is 10. The molecule has 4 rings (SSSR count). The van der Waals surface area contributed by atoms with E-state index in [2.05, 4.69) is 25.8 Å². The van der Waals surface area contributed by atoms with Crippen LogP contribution in [0.15, 0.2) is 54.7 Å². The maximum Gasteiger partial charge on any atom is 0.251 e. The average Bonchev–Trinajstić information content (AvgIpc) is 2.82. The van der Waals surface area contributed by atoms with Gasteiger partial charge >= 0.3 is 0 Å². The van der Waals surface area contributed by atoms with Crippen molar-refractivity contribution in [3.05, 3.63) is 71.8 Å². The van der Waals surface area contributed by atoms with Gasteiger partial charge in [-0.3, -0.25) is 9.78 Å². The normalized spacial score (nSPS) is 15.2. The summed E-state index contributed by atoms with van der Waals surface area (Å²) in [5.74, 6) is -0.352. The van der Waals surface area contributed by atoms with Gasteiger partial charge in [0.15, 0.2) is 0 Å². The third-order valence-corrected chi connectivity index (χ3v) is 6.99. The minimum atomic E-state index is -3.24. The molecule has 1 saturated heterocycles. The second kappa shape index (κ2) is 11.0. The molecule has 1 aliphatic rings. The minimum Gasteiger partial charge on any atom is -0.368 e. The molecule has 190 valence electrons. The zero-order chi connectivity index (χ0) is 25.7. The molecular formula is C24H26F2N6O3S. The summed E-state index contributed by atoms with van der Waals surface area (Å²) < 4.78 is 52.0. The van der Waals surface area contributed by atoms with Crippen molar-refractivity contribution in [3.63, 3.8) is 0 Å². The van der Waals surface area contributed by atoms with E-state index in [-0.39, 0.29) is 50.1 Å². The predicted molar refractivity (Wildman–Crippen MR) is 131 cm³/mol. The van der Waals surface area contributed by atoms with Gasteiger partial charge in [-0.15, -0.1) is 10.2 Å². The fourth-order valence-electron chi connectivity index (χ4n) is 3.71. The monoisotopic (exact) mass is 516 g/mol. The molecule has 9 nitrogen and oxygen atoms in total. The molecule has 1 aliphatic heterocycles. The highest BCUT2D eigenvalue weighted by Gasteiger charge is 2.34. The van der Waals surface area contributed by atoms with Crippen molar-refractivity contribution in [2.45, 2.75) is 25.1 Å². The van der Waals surface area contributed by atoms with Crippen molar-refractivity contribution >= 4 is 21.7 Å². The SMILES string of the molecule is CS(=O)(=O)N1CC(NC(=O)c2cccc(-c3ccc(NCC[C@H](F)Cc4ncccc4F)nn3)c2)C1. The molecule has 0 bridgehead atoms. The standard InChI is InChI=1S/C24H26F2N6O3S/c1-36(34,35)32-14-19(15-32)29-24(33)17-5-2-4-16(12-17)21-7-8-23(31-30-21)28-11-9-18(25)13-22-20(26)6-3-10-27-22/h2-8,10,12,18-19H,9,11,13-15H2,1H3,(H,28,31)(H,29,33)/t18-/m0/s1. The molecule has 3 heterocycles. The smallest absolute Gasteiger partial charge is 0.251 e. The highest BCUT2D eigenvalue weighted by molar-refractivity contribution is 7.88. The number of benzene rings is 1. The van der Waals surface area contributed by atoms with Crippen LogP contribution >= 0.6 is 0 Å². The maximum atomic E-state index is 14.2. The van der Waals surface area contributed by atoms with Crippen LogP contribution in [0, 0.1) is 5.82 Å². The second-order valence-corrected chi connectivity index (χ2v) is 10.6. The van der Waals surface area contributed by atoms with Crippen LogP contribution in [0.25, 0.3) is 11.3 Å². The van der Waals surface area contributed by atoms with E-state index >= 15 is 0 Å². The Balaban J connectivity index is 1.27. The first-order valence-electron chi connectivity index (χ1n) is 11.4. The summed E-state index contributed by atoms with van der Waals surface area (Å²) in [5, 5.41) is 14.1. The number of aromatic nitrogens is 3. The summed E-state index contributed by atoms with van der Waals surface area (Å²) in [7, 11) is -3.24. The van der Waals surface area contributed by atoms with Crippen LogP contribution in [0.3, 0.4) is 0 Å². The van der Waals surface area contributed by atoms with Crippen molar-refractivity contribution in [1.29, 1.82) is 0 Å². The van der Waals surface area contributed by atoms with E-state index in [9.17, 15) is 22.0 Å². The Morgan fingerprint density at radius 3 is 2.67 bits per heavy atom. The Morgan fingerprint density at radius 2 is 1.97 bits per heavy atom. The molecule has 1 fully saturated rings. The van der Waals surface area contributed by atoms with Gasteiger partial charge in [0.25, 0.3) is 5.91 Å². The van der Waals surface area contributed by atoms with Crippen molar-refractivity contribution in [3.8, 4) is 11.3 Å². The summed E-state index contributed by atoms with van der Waals surface area (Å²) >= 11 is 0. The number of sulfonamides is 1. The number of nitrogens with one attached hydrogen (secondary N) is 2. The Kier molecular flexibility index (Phi) is 7.85. The highest BCUT2D eigenvalue weighted by Crippen LogP contribution is 2.20. The van der Waals surface area contributed by atoms with Gasteiger partial charge in [-0.05, 0) is 42.8 Å². The van der Waals surface area contributed by atoms with E-state index in [0.717, 1.165) is 6.26 Å². The molecule has 0 saturated carbocycles. The van der Waals surface area contributed by atoms with Gasteiger partial charge in [0, 0.05) is 43.4 Å². The largest absolute Gasteiger partial charge is 0.368 e. The number of carbonyl (C=O) groups is 1. The number of nitrogens with zero attached hydrogens (tertiary/aromatic N) is 4. The van der Waals surface area contributed by atoms with Gasteiger partial charge in [0.05, 0.1) is 23.7 Å². The Bertz CT molecular complexity index is 1320. The first-order chi connectivity index (χ1) is 17.2. The number of pyridine rings is 1. The van der Waals surface area contributed by atoms with E-state index in [1.165, 1.54) is 22.6 Å². The summed E-state index contributed by atoms with van der Waals surface area (Å²) in [6.07, 6.45) is 1.38. The lowest BCUT2D eigenvalue weighted by Gasteiger charge is -2.37. The topological polar surface area (TPSA) is 117 Å². The molecule has 0 aliphatic carbocycles. The van der Waals surface area contributed by atoms with E-state index in [0.29, 0.717) is 22.6 Å². The van der Waals surface area contributed by atoms with E-state index in [1.807, 2.05) is 0 Å². The van der Waals surface area contributed by atoms with Crippen LogP contribution < -0.4 is 10.6 Å². The van der Waals surface area contributed by atoms with Crippen LogP contribution in [0.5, 0.6) is 0 Å². The lowest BCUT2D eigenvalue weighted by Crippen LogP contribution is -2.60. The molecule has 0 spiro atoms. The van der Waals surface area contributed by atoms with Crippen LogP contribution in [0.4, 0.5) is 14.6 Å². The Hall–Kier alpha value is -3.51. The second-order valence-electron chi connectivity index (χ2n) is 8.58. The molecule has 3 aromatic rings. The molecule has 12 heteroatoms. The Morgan fingerprint density at radius 1 is 1.17 bits per heavy atom. The van der Waals surface area contributed by atoms with Crippen molar-refractivity contribution in [2.24, 2.45) is 0 Å². The minimum absolute atomic E-state index is 0.0976. The zero-order valence-corrected chi connectivity index (χ0v) is 20.4. The summed E-state index contributed by atoms with van der Waals surface area (Å²) in [6, 6.07) is 12.8. The van der Waals surface area contributed by atoms with E-state index < -0.39 is 22.0 Å². The van der Waals surface area contributed by atoms with Crippen LogP contribution in [-0.2, 0) is 16.4 Å². The molecule has 2 aromatic heterocycles. The fraction of sp³-hybridized carbons (Fsp3) is 0.333. The molecule has 1 atom stereocenters. The lowest BCUT2D eigenvalue weighted by molar-refractivity contribution is 0.0896. The number of hydrogen-bond donors (Lipinski definition) is 2. The lowest BCUT2D eigenvalue weighted by atomic mass is 10.1. The van der Waals surface area contributed by atoms with Crippen molar-refractivity contribution in [2.75, 3.05) is 31.2 Å². The number of carbonyl (C=O) groups excluding carboxylic acids is 1. The molecule has 1 amide bonds. The molecule has 0 radical (unpaired) electrons. The Labute approximate surface area is 208 Å².